The molecule has 2 aromatic carbocycles. The highest BCUT2D eigenvalue weighted by molar-refractivity contribution is 9.10. The number of thiazole rings is 1. The third kappa shape index (κ3) is 4.34. The van der Waals surface area contributed by atoms with Crippen molar-refractivity contribution in [3.8, 4) is 5.75 Å². The minimum absolute atomic E-state index is 0. The Morgan fingerprint density at radius 1 is 1.25 bits per heavy atom. The van der Waals surface area contributed by atoms with Gasteiger partial charge in [0.05, 0.1) is 17.9 Å². The number of ketones is 1. The number of carbonyl (C=O) groups excluding carboxylic acids is 1. The van der Waals surface area contributed by atoms with Gasteiger partial charge < -0.3 is 27.0 Å². The van der Waals surface area contributed by atoms with Gasteiger partial charge in [0.15, 0.2) is 10.9 Å². The summed E-state index contributed by atoms with van der Waals surface area (Å²) in [5, 5.41) is 3.83. The maximum Gasteiger partial charge on any atom is 0.184 e. The van der Waals surface area contributed by atoms with Gasteiger partial charge in [-0.3, -0.25) is 4.79 Å². The standard InChI is InChI=1S/C17H15BrN2O2S.BrH/c1-2-22-14-4-3-5-15-16(14)20-17(23-15)19-10-13(21)11-6-8-12(18)9-7-11;/h3-9H,2,10H2,1H3,(H,19,20);1H/p-1. The topological polar surface area (TPSA) is 51.2 Å². The zero-order chi connectivity index (χ0) is 16.2. The van der Waals surface area contributed by atoms with Crippen LogP contribution in [0.2, 0.25) is 0 Å². The summed E-state index contributed by atoms with van der Waals surface area (Å²) in [4.78, 5) is 16.7. The number of anilines is 1. The number of ether oxygens (including phenoxy) is 1. The Hall–Kier alpha value is -1.44. The van der Waals surface area contributed by atoms with Gasteiger partial charge >= 0.3 is 0 Å². The SMILES string of the molecule is CCOc1cccc2sc(NCC(=O)c3ccc(Br)cc3)nc12.[Br-]. The van der Waals surface area contributed by atoms with Crippen LogP contribution in [0, 0.1) is 0 Å². The van der Waals surface area contributed by atoms with Gasteiger partial charge in [0, 0.05) is 10.0 Å². The normalized spacial score (nSPS) is 10.2. The summed E-state index contributed by atoms with van der Waals surface area (Å²) in [5.74, 6) is 0.801. The molecule has 4 nitrogen and oxygen atoms in total. The lowest BCUT2D eigenvalue weighted by Gasteiger charge is -2.03. The first-order chi connectivity index (χ1) is 11.2. The number of fused-ring (bicyclic) bond motifs is 1. The van der Waals surface area contributed by atoms with Crippen LogP contribution in [0.25, 0.3) is 10.2 Å². The van der Waals surface area contributed by atoms with Crippen molar-refractivity contribution in [2.24, 2.45) is 0 Å². The average Bonchev–Trinajstić information content (AvgIpc) is 2.98. The van der Waals surface area contributed by atoms with Gasteiger partial charge in [-0.05, 0) is 31.2 Å². The molecule has 0 saturated heterocycles. The lowest BCUT2D eigenvalue weighted by molar-refractivity contribution is -0.0000126. The summed E-state index contributed by atoms with van der Waals surface area (Å²) in [7, 11) is 0. The van der Waals surface area contributed by atoms with Crippen molar-refractivity contribution in [2.45, 2.75) is 6.92 Å². The number of hydrogen-bond donors (Lipinski definition) is 1. The molecule has 0 unspecified atom stereocenters. The molecular formula is C17H15Br2N2O2S-. The molecule has 0 aliphatic heterocycles. The molecule has 0 amide bonds. The van der Waals surface area contributed by atoms with Crippen LogP contribution in [0.5, 0.6) is 5.75 Å². The van der Waals surface area contributed by atoms with Crippen LogP contribution in [0.4, 0.5) is 5.13 Å². The Balaban J connectivity index is 0.00000208. The van der Waals surface area contributed by atoms with Crippen LogP contribution >= 0.6 is 27.3 Å². The Morgan fingerprint density at radius 3 is 2.71 bits per heavy atom. The van der Waals surface area contributed by atoms with Gasteiger partial charge in [-0.25, -0.2) is 4.98 Å². The van der Waals surface area contributed by atoms with Crippen molar-refractivity contribution in [2.75, 3.05) is 18.5 Å². The van der Waals surface area contributed by atoms with Crippen LogP contribution in [-0.2, 0) is 0 Å². The summed E-state index contributed by atoms with van der Waals surface area (Å²) < 4.78 is 7.58. The van der Waals surface area contributed by atoms with Crippen LogP contribution < -0.4 is 27.0 Å². The number of aromatic nitrogens is 1. The number of halogens is 2. The van der Waals surface area contributed by atoms with E-state index in [1.807, 2.05) is 37.3 Å². The van der Waals surface area contributed by atoms with Gasteiger partial charge in [0.1, 0.15) is 11.3 Å². The molecule has 0 aliphatic carbocycles. The van der Waals surface area contributed by atoms with Gasteiger partial charge in [-0.15, -0.1) is 0 Å². The maximum atomic E-state index is 12.2. The summed E-state index contributed by atoms with van der Waals surface area (Å²) >= 11 is 4.88. The highest BCUT2D eigenvalue weighted by Crippen LogP contribution is 2.32. The maximum absolute atomic E-state index is 12.2. The number of nitrogens with zero attached hydrogens (tertiary/aromatic N) is 1. The largest absolute Gasteiger partial charge is 1.00 e. The van der Waals surface area contributed by atoms with E-state index in [1.165, 1.54) is 11.3 Å². The molecule has 0 radical (unpaired) electrons. The molecule has 24 heavy (non-hydrogen) atoms. The molecule has 1 heterocycles. The summed E-state index contributed by atoms with van der Waals surface area (Å²) in [6, 6.07) is 13.2. The van der Waals surface area contributed by atoms with E-state index in [1.54, 1.807) is 12.1 Å². The number of Topliss-reactive ketones (excluding diaryl/α,β-unsaturated/α-hetero) is 1. The number of nitrogens with one attached hydrogen (secondary N) is 1. The van der Waals surface area contributed by atoms with E-state index in [4.69, 9.17) is 4.74 Å². The van der Waals surface area contributed by atoms with Crippen molar-refractivity contribution in [3.05, 3.63) is 52.5 Å². The molecular weight excluding hydrogens is 456 g/mol. The number of para-hydroxylation sites is 1. The zero-order valence-electron chi connectivity index (χ0n) is 12.9. The molecule has 3 aromatic rings. The van der Waals surface area contributed by atoms with E-state index in [0.717, 1.165) is 25.6 Å². The second-order valence-corrected chi connectivity index (χ2v) is 6.78. The number of benzene rings is 2. The first-order valence-electron chi connectivity index (χ1n) is 7.22. The zero-order valence-corrected chi connectivity index (χ0v) is 16.9. The first kappa shape index (κ1) is 18.9. The lowest BCUT2D eigenvalue weighted by Crippen LogP contribution is -3.00. The van der Waals surface area contributed by atoms with E-state index < -0.39 is 0 Å². The average molecular weight is 471 g/mol. The number of hydrogen-bond acceptors (Lipinski definition) is 5. The molecule has 0 spiro atoms. The van der Waals surface area contributed by atoms with Crippen LogP contribution in [0.1, 0.15) is 17.3 Å². The van der Waals surface area contributed by atoms with Gasteiger partial charge in [0.2, 0.25) is 0 Å². The molecule has 7 heteroatoms. The molecule has 0 fully saturated rings. The minimum Gasteiger partial charge on any atom is -1.00 e. The summed E-state index contributed by atoms with van der Waals surface area (Å²) in [6.45, 7) is 2.76. The van der Waals surface area contributed by atoms with Gasteiger partial charge in [0.25, 0.3) is 0 Å². The van der Waals surface area contributed by atoms with Crippen LogP contribution in [0.3, 0.4) is 0 Å². The molecule has 3 rings (SSSR count). The minimum atomic E-state index is 0. The Morgan fingerprint density at radius 2 is 2.00 bits per heavy atom. The summed E-state index contributed by atoms with van der Waals surface area (Å²) in [5.41, 5.74) is 1.51. The van der Waals surface area contributed by atoms with Gasteiger partial charge in [-0.1, -0.05) is 45.5 Å². The van der Waals surface area contributed by atoms with Crippen molar-refractivity contribution >= 4 is 48.4 Å². The van der Waals surface area contributed by atoms with E-state index in [9.17, 15) is 4.79 Å². The highest BCUT2D eigenvalue weighted by Gasteiger charge is 2.11. The second-order valence-electron chi connectivity index (χ2n) is 4.84. The monoisotopic (exact) mass is 469 g/mol. The quantitative estimate of drug-likeness (QED) is 0.557. The van der Waals surface area contributed by atoms with Crippen molar-refractivity contribution in [1.82, 2.24) is 4.98 Å². The lowest BCUT2D eigenvalue weighted by atomic mass is 10.1. The van der Waals surface area contributed by atoms with Crippen LogP contribution in [-0.4, -0.2) is 23.9 Å². The molecule has 0 bridgehead atoms. The van der Waals surface area contributed by atoms with Crippen molar-refractivity contribution in [3.63, 3.8) is 0 Å². The third-order valence-electron chi connectivity index (χ3n) is 3.25. The van der Waals surface area contributed by atoms with E-state index in [2.05, 4.69) is 26.2 Å². The highest BCUT2D eigenvalue weighted by atomic mass is 79.9. The van der Waals surface area contributed by atoms with Crippen LogP contribution in [0.15, 0.2) is 46.9 Å². The molecule has 0 saturated carbocycles. The second kappa shape index (κ2) is 8.60. The molecule has 1 aromatic heterocycles. The van der Waals surface area contributed by atoms with E-state index >= 15 is 0 Å². The predicted molar refractivity (Wildman–Crippen MR) is 97.8 cm³/mol. The Kier molecular flexibility index (Phi) is 6.77. The number of rotatable bonds is 6. The van der Waals surface area contributed by atoms with E-state index in [-0.39, 0.29) is 29.3 Å². The van der Waals surface area contributed by atoms with Crippen molar-refractivity contribution < 1.29 is 26.5 Å². The third-order valence-corrected chi connectivity index (χ3v) is 4.76. The molecule has 0 aliphatic rings. The molecule has 1 N–H and O–H groups in total. The van der Waals surface area contributed by atoms with Gasteiger partial charge in [-0.2, -0.15) is 0 Å². The first-order valence-corrected chi connectivity index (χ1v) is 8.83. The van der Waals surface area contributed by atoms with E-state index in [0.29, 0.717) is 12.2 Å². The molecule has 126 valence electrons. The molecule has 0 atom stereocenters. The fourth-order valence-electron chi connectivity index (χ4n) is 2.16. The van der Waals surface area contributed by atoms with Crippen molar-refractivity contribution in [1.29, 1.82) is 0 Å². The fourth-order valence-corrected chi connectivity index (χ4v) is 3.31. The Bertz CT molecular complexity index is 834. The fraction of sp³-hybridized carbons (Fsp3) is 0.176. The smallest absolute Gasteiger partial charge is 0.184 e. The predicted octanol–water partition coefficient (Wildman–Crippen LogP) is 1.76. The summed E-state index contributed by atoms with van der Waals surface area (Å²) in [6.07, 6.45) is 0. The number of carbonyl (C=O) groups is 1. The Labute approximate surface area is 163 Å².